The summed E-state index contributed by atoms with van der Waals surface area (Å²) in [5.41, 5.74) is 0. The molecule has 94 valence electrons. The maximum absolute atomic E-state index is 4.08. The first-order valence-corrected chi connectivity index (χ1v) is 6.17. The monoisotopic (exact) mass is 272 g/mol. The van der Waals surface area contributed by atoms with Gasteiger partial charge in [-0.3, -0.25) is 4.68 Å². The lowest BCUT2D eigenvalue weighted by Crippen LogP contribution is -2.29. The Kier molecular flexibility index (Phi) is 5.61. The van der Waals surface area contributed by atoms with Crippen LogP contribution < -0.4 is 5.32 Å². The maximum atomic E-state index is 4.08. The van der Waals surface area contributed by atoms with Gasteiger partial charge in [-0.1, -0.05) is 0 Å². The van der Waals surface area contributed by atoms with Crippen molar-refractivity contribution in [2.75, 3.05) is 0 Å². The van der Waals surface area contributed by atoms with Crippen LogP contribution in [0.25, 0.3) is 0 Å². The fraction of sp³-hybridized carbons (Fsp3) is 0.455. The number of aryl methyl sites for hydroxylation is 1. The number of nitrogens with zero attached hydrogens (tertiary/aromatic N) is 3. The van der Waals surface area contributed by atoms with Crippen molar-refractivity contribution >= 4 is 23.7 Å². The van der Waals surface area contributed by atoms with E-state index in [1.54, 1.807) is 12.7 Å². The summed E-state index contributed by atoms with van der Waals surface area (Å²) in [6.45, 7) is 6.06. The first kappa shape index (κ1) is 14.2. The molecule has 6 heteroatoms. The topological polar surface area (TPSA) is 42.7 Å². The third-order valence-corrected chi connectivity index (χ3v) is 3.35. The third-order valence-electron chi connectivity index (χ3n) is 2.35. The zero-order chi connectivity index (χ0) is 11.4. The summed E-state index contributed by atoms with van der Waals surface area (Å²) in [7, 11) is 0. The van der Waals surface area contributed by atoms with E-state index in [9.17, 15) is 0 Å². The molecule has 0 saturated carbocycles. The molecule has 0 amide bonds. The van der Waals surface area contributed by atoms with Crippen LogP contribution in [0.1, 0.15) is 16.7 Å². The quantitative estimate of drug-likeness (QED) is 0.908. The predicted molar refractivity (Wildman–Crippen MR) is 72.6 cm³/mol. The molecule has 0 radical (unpaired) electrons. The number of thiophene rings is 1. The van der Waals surface area contributed by atoms with Gasteiger partial charge in [-0.2, -0.15) is 5.10 Å². The number of hydrogen-bond donors (Lipinski definition) is 1. The highest BCUT2D eigenvalue weighted by atomic mass is 35.5. The highest BCUT2D eigenvalue weighted by Gasteiger charge is 2.04. The minimum atomic E-state index is 0. The molecule has 1 unspecified atom stereocenters. The molecule has 0 saturated heterocycles. The van der Waals surface area contributed by atoms with Gasteiger partial charge in [0.25, 0.3) is 0 Å². The van der Waals surface area contributed by atoms with Crippen LogP contribution in [0.2, 0.25) is 0 Å². The standard InChI is InChI=1S/C11H16N4S.ClH/c1-9(6-15-8-12-7-14-15)13-5-11-4-3-10(2)16-11;/h3-4,7-9,13H,5-6H2,1-2H3;1H. The summed E-state index contributed by atoms with van der Waals surface area (Å²) in [5.74, 6) is 0. The molecular formula is C11H17ClN4S. The van der Waals surface area contributed by atoms with Gasteiger partial charge in [0.1, 0.15) is 12.7 Å². The smallest absolute Gasteiger partial charge is 0.137 e. The van der Waals surface area contributed by atoms with Gasteiger partial charge in [-0.15, -0.1) is 23.7 Å². The van der Waals surface area contributed by atoms with Gasteiger partial charge in [0, 0.05) is 22.3 Å². The molecule has 17 heavy (non-hydrogen) atoms. The molecule has 2 heterocycles. The SMILES string of the molecule is Cc1ccc(CNC(C)Cn2cncn2)s1.Cl. The summed E-state index contributed by atoms with van der Waals surface area (Å²) >= 11 is 1.84. The van der Waals surface area contributed by atoms with Crippen LogP contribution in [0.15, 0.2) is 24.8 Å². The second-order valence-corrected chi connectivity index (χ2v) is 5.28. The summed E-state index contributed by atoms with van der Waals surface area (Å²) < 4.78 is 1.84. The predicted octanol–water partition coefficient (Wildman–Crippen LogP) is 2.25. The van der Waals surface area contributed by atoms with E-state index in [1.165, 1.54) is 9.75 Å². The molecule has 2 rings (SSSR count). The number of nitrogens with one attached hydrogen (secondary N) is 1. The lowest BCUT2D eigenvalue weighted by Gasteiger charge is -2.12. The molecule has 1 atom stereocenters. The second kappa shape index (κ2) is 6.74. The fourth-order valence-electron chi connectivity index (χ4n) is 1.53. The number of aromatic nitrogens is 3. The Morgan fingerprint density at radius 3 is 2.88 bits per heavy atom. The van der Waals surface area contributed by atoms with Gasteiger partial charge in [-0.25, -0.2) is 4.98 Å². The lowest BCUT2D eigenvalue weighted by atomic mass is 10.3. The Labute approximate surface area is 111 Å². The largest absolute Gasteiger partial charge is 0.308 e. The van der Waals surface area contributed by atoms with Crippen molar-refractivity contribution in [3.05, 3.63) is 34.5 Å². The van der Waals surface area contributed by atoms with Crippen LogP contribution in [-0.4, -0.2) is 20.8 Å². The Morgan fingerprint density at radius 1 is 1.47 bits per heavy atom. The van der Waals surface area contributed by atoms with E-state index < -0.39 is 0 Å². The lowest BCUT2D eigenvalue weighted by molar-refractivity contribution is 0.451. The summed E-state index contributed by atoms with van der Waals surface area (Å²) in [4.78, 5) is 6.66. The zero-order valence-corrected chi connectivity index (χ0v) is 11.6. The summed E-state index contributed by atoms with van der Waals surface area (Å²) in [6, 6.07) is 4.72. The molecule has 2 aromatic rings. The molecule has 0 spiro atoms. The van der Waals surface area contributed by atoms with E-state index in [2.05, 4.69) is 41.4 Å². The minimum absolute atomic E-state index is 0. The van der Waals surface area contributed by atoms with Gasteiger partial charge in [0.05, 0.1) is 6.54 Å². The van der Waals surface area contributed by atoms with Gasteiger partial charge in [0.15, 0.2) is 0 Å². The van der Waals surface area contributed by atoms with Crippen LogP contribution in [0, 0.1) is 6.92 Å². The molecule has 0 aromatic carbocycles. The summed E-state index contributed by atoms with van der Waals surface area (Å²) in [5, 5.41) is 7.56. The molecule has 2 aromatic heterocycles. The van der Waals surface area contributed by atoms with Crippen molar-refractivity contribution < 1.29 is 0 Å². The van der Waals surface area contributed by atoms with E-state index in [-0.39, 0.29) is 12.4 Å². The van der Waals surface area contributed by atoms with Crippen molar-refractivity contribution in [3.63, 3.8) is 0 Å². The van der Waals surface area contributed by atoms with Crippen molar-refractivity contribution in [2.24, 2.45) is 0 Å². The Morgan fingerprint density at radius 2 is 2.29 bits per heavy atom. The van der Waals surface area contributed by atoms with Crippen LogP contribution >= 0.6 is 23.7 Å². The van der Waals surface area contributed by atoms with E-state index >= 15 is 0 Å². The molecule has 1 N–H and O–H groups in total. The van der Waals surface area contributed by atoms with Gasteiger partial charge in [-0.05, 0) is 26.0 Å². The van der Waals surface area contributed by atoms with Crippen molar-refractivity contribution in [3.8, 4) is 0 Å². The van der Waals surface area contributed by atoms with Crippen LogP contribution in [-0.2, 0) is 13.1 Å². The molecule has 0 aliphatic rings. The van der Waals surface area contributed by atoms with Gasteiger partial charge >= 0.3 is 0 Å². The number of halogens is 1. The molecule has 0 aliphatic heterocycles. The molecule has 0 fully saturated rings. The second-order valence-electron chi connectivity index (χ2n) is 3.91. The highest BCUT2D eigenvalue weighted by molar-refractivity contribution is 7.11. The van der Waals surface area contributed by atoms with E-state index in [1.807, 2.05) is 16.0 Å². The van der Waals surface area contributed by atoms with Crippen molar-refractivity contribution in [2.45, 2.75) is 33.0 Å². The third kappa shape index (κ3) is 4.46. The molecule has 0 bridgehead atoms. The Hall–Kier alpha value is -0.910. The van der Waals surface area contributed by atoms with Crippen molar-refractivity contribution in [1.82, 2.24) is 20.1 Å². The number of rotatable bonds is 5. The zero-order valence-electron chi connectivity index (χ0n) is 9.96. The minimum Gasteiger partial charge on any atom is -0.308 e. The van der Waals surface area contributed by atoms with Crippen LogP contribution in [0.5, 0.6) is 0 Å². The average molecular weight is 273 g/mol. The first-order valence-electron chi connectivity index (χ1n) is 5.35. The highest BCUT2D eigenvalue weighted by Crippen LogP contribution is 2.14. The van der Waals surface area contributed by atoms with E-state index in [0.29, 0.717) is 6.04 Å². The van der Waals surface area contributed by atoms with Crippen molar-refractivity contribution in [1.29, 1.82) is 0 Å². The molecule has 0 aliphatic carbocycles. The normalized spacial score (nSPS) is 12.1. The average Bonchev–Trinajstić information content (AvgIpc) is 2.87. The molecular weight excluding hydrogens is 256 g/mol. The van der Waals surface area contributed by atoms with Crippen LogP contribution in [0.3, 0.4) is 0 Å². The van der Waals surface area contributed by atoms with Gasteiger partial charge < -0.3 is 5.32 Å². The van der Waals surface area contributed by atoms with Crippen LogP contribution in [0.4, 0.5) is 0 Å². The van der Waals surface area contributed by atoms with E-state index in [4.69, 9.17) is 0 Å². The summed E-state index contributed by atoms with van der Waals surface area (Å²) in [6.07, 6.45) is 3.31. The maximum Gasteiger partial charge on any atom is 0.137 e. The Balaban J connectivity index is 0.00000144. The molecule has 4 nitrogen and oxygen atoms in total. The van der Waals surface area contributed by atoms with Gasteiger partial charge in [0.2, 0.25) is 0 Å². The Bertz CT molecular complexity index is 426. The van der Waals surface area contributed by atoms with E-state index in [0.717, 1.165) is 13.1 Å². The first-order chi connectivity index (χ1) is 7.74. The number of hydrogen-bond acceptors (Lipinski definition) is 4. The fourth-order valence-corrected chi connectivity index (χ4v) is 2.37.